The number of hydrogen-bond donors (Lipinski definition) is 0. The first-order chi connectivity index (χ1) is 13.2. The van der Waals surface area contributed by atoms with Gasteiger partial charge in [-0.1, -0.05) is 69.8 Å². The topological polar surface area (TPSA) is 12.4 Å². The summed E-state index contributed by atoms with van der Waals surface area (Å²) in [5.41, 5.74) is 7.67. The van der Waals surface area contributed by atoms with Gasteiger partial charge in [-0.2, -0.15) is 0 Å². The van der Waals surface area contributed by atoms with Crippen LogP contribution in [-0.2, 0) is 11.8 Å². The van der Waals surface area contributed by atoms with Gasteiger partial charge < -0.3 is 0 Å². The Kier molecular flexibility index (Phi) is 8.12. The molecule has 0 aromatic heterocycles. The summed E-state index contributed by atoms with van der Waals surface area (Å²) in [4.78, 5) is 4.70. The third kappa shape index (κ3) is 6.98. The average Bonchev–Trinajstić information content (AvgIpc) is 2.63. The Morgan fingerprint density at radius 3 is 2.25 bits per heavy atom. The van der Waals surface area contributed by atoms with Crippen LogP contribution in [0.2, 0.25) is 0 Å². The molecule has 0 spiro atoms. The maximum atomic E-state index is 4.70. The molecule has 0 aliphatic heterocycles. The number of nitrogens with zero attached hydrogens (tertiary/aromatic N) is 1. The molecule has 28 heavy (non-hydrogen) atoms. The molecular formula is C26H35NS. The minimum Gasteiger partial charge on any atom is -0.247 e. The van der Waals surface area contributed by atoms with Crippen LogP contribution in [0.1, 0.15) is 68.4 Å². The summed E-state index contributed by atoms with van der Waals surface area (Å²) in [7, 11) is 0. The van der Waals surface area contributed by atoms with Crippen LogP contribution in [0.5, 0.6) is 0 Å². The molecule has 0 saturated heterocycles. The SMILES string of the molecule is C=C(N=C(C)SCCCCc1ccc(C)c(C)c1)c1ccc(C(C)(C)C)cc1. The second-order valence-electron chi connectivity index (χ2n) is 8.63. The lowest BCUT2D eigenvalue weighted by molar-refractivity contribution is 0.590. The fraction of sp³-hybridized carbons (Fsp3) is 0.423. The van der Waals surface area contributed by atoms with Crippen molar-refractivity contribution in [2.45, 2.75) is 66.2 Å². The third-order valence-corrected chi connectivity index (χ3v) is 6.12. The number of hydrogen-bond acceptors (Lipinski definition) is 2. The minimum absolute atomic E-state index is 0.173. The number of unbranched alkanes of at least 4 members (excludes halogenated alkanes) is 1. The van der Waals surface area contributed by atoms with Crippen molar-refractivity contribution in [3.05, 3.63) is 76.9 Å². The predicted molar refractivity (Wildman–Crippen MR) is 129 cm³/mol. The molecule has 0 atom stereocenters. The highest BCUT2D eigenvalue weighted by Crippen LogP contribution is 2.25. The van der Waals surface area contributed by atoms with Crippen LogP contribution >= 0.6 is 11.8 Å². The second kappa shape index (κ2) is 10.1. The Morgan fingerprint density at radius 2 is 1.64 bits per heavy atom. The highest BCUT2D eigenvalue weighted by molar-refractivity contribution is 8.13. The highest BCUT2D eigenvalue weighted by Gasteiger charge is 2.13. The van der Waals surface area contributed by atoms with Gasteiger partial charge in [0.2, 0.25) is 0 Å². The molecule has 2 heteroatoms. The highest BCUT2D eigenvalue weighted by atomic mass is 32.2. The van der Waals surface area contributed by atoms with Gasteiger partial charge in [-0.3, -0.25) is 0 Å². The van der Waals surface area contributed by atoms with Gasteiger partial charge in [0.05, 0.1) is 10.7 Å². The monoisotopic (exact) mass is 393 g/mol. The average molecular weight is 394 g/mol. The van der Waals surface area contributed by atoms with Crippen LogP contribution in [0.15, 0.2) is 54.0 Å². The standard InChI is InChI=1S/C26H35NS/c1-19-11-12-23(18-20(19)2)10-8-9-17-28-22(4)27-21(3)24-13-15-25(16-14-24)26(5,6)7/h11-16,18H,3,8-10,17H2,1-2,4-7H3. The maximum Gasteiger partial charge on any atom is 0.0707 e. The van der Waals surface area contributed by atoms with Gasteiger partial charge in [0.15, 0.2) is 0 Å². The molecule has 2 aromatic rings. The summed E-state index contributed by atoms with van der Waals surface area (Å²) in [5.74, 6) is 1.11. The Balaban J connectivity index is 1.77. The number of thioether (sulfide) groups is 1. The number of benzene rings is 2. The molecule has 0 N–H and O–H groups in total. The molecule has 2 aromatic carbocycles. The van der Waals surface area contributed by atoms with E-state index in [1.807, 2.05) is 11.8 Å². The zero-order valence-corrected chi connectivity index (χ0v) is 19.2. The van der Waals surface area contributed by atoms with E-state index in [1.165, 1.54) is 35.1 Å². The first kappa shape index (κ1) is 22.5. The van der Waals surface area contributed by atoms with Crippen molar-refractivity contribution in [2.75, 3.05) is 5.75 Å². The summed E-state index contributed by atoms with van der Waals surface area (Å²) >= 11 is 1.84. The van der Waals surface area contributed by atoms with Gasteiger partial charge in [0, 0.05) is 0 Å². The Labute approximate surface area is 176 Å². The minimum atomic E-state index is 0.173. The number of aryl methyl sites for hydroxylation is 3. The summed E-state index contributed by atoms with van der Waals surface area (Å²) in [5, 5.41) is 1.09. The van der Waals surface area contributed by atoms with Gasteiger partial charge in [-0.05, 0) is 79.0 Å². The van der Waals surface area contributed by atoms with E-state index in [-0.39, 0.29) is 5.41 Å². The summed E-state index contributed by atoms with van der Waals surface area (Å²) in [6.45, 7) is 17.3. The van der Waals surface area contributed by atoms with E-state index in [0.29, 0.717) is 0 Å². The van der Waals surface area contributed by atoms with Gasteiger partial charge in [-0.15, -0.1) is 11.8 Å². The van der Waals surface area contributed by atoms with Crippen LogP contribution in [0.3, 0.4) is 0 Å². The fourth-order valence-electron chi connectivity index (χ4n) is 3.06. The molecule has 0 saturated carbocycles. The first-order valence-electron chi connectivity index (χ1n) is 10.2. The van der Waals surface area contributed by atoms with E-state index in [2.05, 4.69) is 90.6 Å². The molecule has 1 nitrogen and oxygen atoms in total. The molecule has 0 aliphatic rings. The largest absolute Gasteiger partial charge is 0.247 e. The fourth-order valence-corrected chi connectivity index (χ4v) is 3.88. The quantitative estimate of drug-likeness (QED) is 0.266. The Morgan fingerprint density at radius 1 is 0.964 bits per heavy atom. The molecule has 150 valence electrons. The number of aliphatic imine (C=N–C) groups is 1. The van der Waals surface area contributed by atoms with E-state index in [0.717, 1.165) is 28.5 Å². The van der Waals surface area contributed by atoms with Crippen LogP contribution in [-0.4, -0.2) is 10.8 Å². The van der Waals surface area contributed by atoms with Crippen LogP contribution < -0.4 is 0 Å². The molecule has 0 amide bonds. The zero-order valence-electron chi connectivity index (χ0n) is 18.4. The van der Waals surface area contributed by atoms with Crippen molar-refractivity contribution in [2.24, 2.45) is 4.99 Å². The molecule has 0 bridgehead atoms. The van der Waals surface area contributed by atoms with Crippen molar-refractivity contribution in [3.63, 3.8) is 0 Å². The van der Waals surface area contributed by atoms with Crippen molar-refractivity contribution in [1.29, 1.82) is 0 Å². The lowest BCUT2D eigenvalue weighted by atomic mass is 9.86. The van der Waals surface area contributed by atoms with Crippen molar-refractivity contribution >= 4 is 22.5 Å². The molecule has 0 aliphatic carbocycles. The van der Waals surface area contributed by atoms with Crippen LogP contribution in [0, 0.1) is 13.8 Å². The van der Waals surface area contributed by atoms with E-state index in [4.69, 9.17) is 4.99 Å². The zero-order chi connectivity index (χ0) is 20.7. The molecule has 0 radical (unpaired) electrons. The summed E-state index contributed by atoms with van der Waals surface area (Å²) < 4.78 is 0. The van der Waals surface area contributed by atoms with Crippen molar-refractivity contribution < 1.29 is 0 Å². The van der Waals surface area contributed by atoms with Gasteiger partial charge >= 0.3 is 0 Å². The molecule has 2 rings (SSSR count). The Bertz CT molecular complexity index is 823. The van der Waals surface area contributed by atoms with E-state index in [1.54, 1.807) is 0 Å². The summed E-state index contributed by atoms with van der Waals surface area (Å²) in [6.07, 6.45) is 3.58. The lowest BCUT2D eigenvalue weighted by Gasteiger charge is -2.19. The molecule has 0 fully saturated rings. The smallest absolute Gasteiger partial charge is 0.0707 e. The molecular weight excluding hydrogens is 358 g/mol. The van der Waals surface area contributed by atoms with E-state index in [9.17, 15) is 0 Å². The third-order valence-electron chi connectivity index (χ3n) is 5.12. The van der Waals surface area contributed by atoms with Crippen LogP contribution in [0.4, 0.5) is 0 Å². The van der Waals surface area contributed by atoms with Crippen molar-refractivity contribution in [3.8, 4) is 0 Å². The van der Waals surface area contributed by atoms with Crippen LogP contribution in [0.25, 0.3) is 5.70 Å². The first-order valence-corrected chi connectivity index (χ1v) is 11.2. The van der Waals surface area contributed by atoms with Gasteiger partial charge in [0.1, 0.15) is 0 Å². The lowest BCUT2D eigenvalue weighted by Crippen LogP contribution is -2.10. The van der Waals surface area contributed by atoms with E-state index < -0.39 is 0 Å². The van der Waals surface area contributed by atoms with Gasteiger partial charge in [0.25, 0.3) is 0 Å². The maximum absolute atomic E-state index is 4.70. The normalized spacial score (nSPS) is 12.3. The summed E-state index contributed by atoms with van der Waals surface area (Å²) in [6, 6.07) is 15.5. The van der Waals surface area contributed by atoms with Gasteiger partial charge in [-0.25, -0.2) is 4.99 Å². The number of rotatable bonds is 7. The molecule has 0 unspecified atom stereocenters. The van der Waals surface area contributed by atoms with E-state index >= 15 is 0 Å². The Hall–Kier alpha value is -1.80. The second-order valence-corrected chi connectivity index (χ2v) is 9.92. The molecule has 0 heterocycles. The predicted octanol–water partition coefficient (Wildman–Crippen LogP) is 7.75. The van der Waals surface area contributed by atoms with Crippen molar-refractivity contribution in [1.82, 2.24) is 0 Å².